The Morgan fingerprint density at radius 1 is 1.79 bits per heavy atom. The second-order valence-corrected chi connectivity index (χ2v) is 3.45. The van der Waals surface area contributed by atoms with Gasteiger partial charge in [0.25, 0.3) is 0 Å². The molecule has 0 aliphatic carbocycles. The van der Waals surface area contributed by atoms with Crippen LogP contribution in [-0.4, -0.2) is 37.1 Å². The van der Waals surface area contributed by atoms with Crippen molar-refractivity contribution in [1.29, 1.82) is 0 Å². The van der Waals surface area contributed by atoms with E-state index in [1.54, 1.807) is 0 Å². The zero-order valence-electron chi connectivity index (χ0n) is 8.50. The molecule has 1 rings (SSSR count). The first-order chi connectivity index (χ1) is 6.63. The Labute approximate surface area is 83.2 Å². The van der Waals surface area contributed by atoms with E-state index in [0.717, 1.165) is 6.42 Å². The molecule has 0 aromatic heterocycles. The number of ether oxygens (including phenoxy) is 1. The molecule has 0 saturated carbocycles. The lowest BCUT2D eigenvalue weighted by molar-refractivity contribution is -0.138. The van der Waals surface area contributed by atoms with E-state index in [4.69, 9.17) is 4.74 Å². The van der Waals surface area contributed by atoms with Gasteiger partial charge in [0.2, 0.25) is 11.8 Å². The first-order valence-corrected chi connectivity index (χ1v) is 4.81. The maximum absolute atomic E-state index is 11.5. The highest BCUT2D eigenvalue weighted by Crippen LogP contribution is 1.96. The second kappa shape index (κ2) is 4.95. The summed E-state index contributed by atoms with van der Waals surface area (Å²) < 4.78 is 4.96. The van der Waals surface area contributed by atoms with E-state index in [-0.39, 0.29) is 31.1 Å². The summed E-state index contributed by atoms with van der Waals surface area (Å²) in [6.07, 6.45) is 0.868. The molecule has 0 radical (unpaired) electrons. The molecule has 80 valence electrons. The van der Waals surface area contributed by atoms with Gasteiger partial charge in [0.1, 0.15) is 12.6 Å². The monoisotopic (exact) mass is 200 g/mol. The van der Waals surface area contributed by atoms with Crippen molar-refractivity contribution in [3.8, 4) is 0 Å². The van der Waals surface area contributed by atoms with E-state index >= 15 is 0 Å². The van der Waals surface area contributed by atoms with Gasteiger partial charge < -0.3 is 15.4 Å². The Morgan fingerprint density at radius 3 is 3.07 bits per heavy atom. The third kappa shape index (κ3) is 2.99. The highest BCUT2D eigenvalue weighted by atomic mass is 16.5. The largest absolute Gasteiger partial charge is 0.369 e. The van der Waals surface area contributed by atoms with Gasteiger partial charge in [0.05, 0.1) is 6.61 Å². The molecule has 5 nitrogen and oxygen atoms in total. The number of hydrogen-bond donors (Lipinski definition) is 2. The molecule has 0 aromatic rings. The maximum Gasteiger partial charge on any atom is 0.246 e. The smallest absolute Gasteiger partial charge is 0.246 e. The predicted octanol–water partition coefficient (Wildman–Crippen LogP) is -0.584. The molecular formula is C9H16N2O3. The van der Waals surface area contributed by atoms with Gasteiger partial charge in [0.15, 0.2) is 0 Å². The summed E-state index contributed by atoms with van der Waals surface area (Å²) in [5.41, 5.74) is 0. The summed E-state index contributed by atoms with van der Waals surface area (Å²) in [5, 5.41) is 5.36. The Bertz CT molecular complexity index is 230. The number of amides is 2. The minimum Gasteiger partial charge on any atom is -0.369 e. The van der Waals surface area contributed by atoms with Crippen molar-refractivity contribution in [3.05, 3.63) is 0 Å². The van der Waals surface area contributed by atoms with E-state index in [2.05, 4.69) is 10.6 Å². The van der Waals surface area contributed by atoms with Crippen molar-refractivity contribution in [1.82, 2.24) is 10.6 Å². The SMILES string of the molecule is CCC(C)NC(=O)C1COCC(=O)N1. The molecule has 0 bridgehead atoms. The van der Waals surface area contributed by atoms with Crippen molar-refractivity contribution in [2.45, 2.75) is 32.4 Å². The molecule has 1 fully saturated rings. The first kappa shape index (κ1) is 11.0. The average molecular weight is 200 g/mol. The fourth-order valence-corrected chi connectivity index (χ4v) is 1.13. The van der Waals surface area contributed by atoms with Gasteiger partial charge in [-0.15, -0.1) is 0 Å². The van der Waals surface area contributed by atoms with Crippen molar-refractivity contribution in [2.24, 2.45) is 0 Å². The van der Waals surface area contributed by atoms with Crippen LogP contribution in [-0.2, 0) is 14.3 Å². The van der Waals surface area contributed by atoms with Gasteiger partial charge in [0, 0.05) is 6.04 Å². The third-order valence-electron chi connectivity index (χ3n) is 2.17. The van der Waals surface area contributed by atoms with Crippen LogP contribution in [0.15, 0.2) is 0 Å². The van der Waals surface area contributed by atoms with Crippen LogP contribution in [0.2, 0.25) is 0 Å². The summed E-state index contributed by atoms with van der Waals surface area (Å²) in [4.78, 5) is 22.4. The van der Waals surface area contributed by atoms with E-state index in [9.17, 15) is 9.59 Å². The van der Waals surface area contributed by atoms with Gasteiger partial charge in [-0.05, 0) is 13.3 Å². The minimum absolute atomic E-state index is 0.0487. The highest BCUT2D eigenvalue weighted by Gasteiger charge is 2.25. The molecule has 2 amide bonds. The normalized spacial score (nSPS) is 23.9. The van der Waals surface area contributed by atoms with Crippen molar-refractivity contribution >= 4 is 11.8 Å². The fraction of sp³-hybridized carbons (Fsp3) is 0.778. The topological polar surface area (TPSA) is 67.4 Å². The Morgan fingerprint density at radius 2 is 2.50 bits per heavy atom. The lowest BCUT2D eigenvalue weighted by Crippen LogP contribution is -2.55. The molecule has 2 unspecified atom stereocenters. The number of nitrogens with one attached hydrogen (secondary N) is 2. The molecule has 0 aromatic carbocycles. The van der Waals surface area contributed by atoms with Crippen LogP contribution in [0.4, 0.5) is 0 Å². The van der Waals surface area contributed by atoms with E-state index < -0.39 is 6.04 Å². The van der Waals surface area contributed by atoms with Crippen LogP contribution in [0.5, 0.6) is 0 Å². The van der Waals surface area contributed by atoms with E-state index in [0.29, 0.717) is 0 Å². The Hall–Kier alpha value is -1.10. The summed E-state index contributed by atoms with van der Waals surface area (Å²) in [7, 11) is 0. The fourth-order valence-electron chi connectivity index (χ4n) is 1.13. The summed E-state index contributed by atoms with van der Waals surface area (Å²) >= 11 is 0. The molecule has 5 heteroatoms. The van der Waals surface area contributed by atoms with Crippen LogP contribution in [0, 0.1) is 0 Å². The Balaban J connectivity index is 2.39. The number of hydrogen-bond acceptors (Lipinski definition) is 3. The molecule has 1 heterocycles. The zero-order chi connectivity index (χ0) is 10.6. The van der Waals surface area contributed by atoms with Crippen molar-refractivity contribution in [3.63, 3.8) is 0 Å². The lowest BCUT2D eigenvalue weighted by Gasteiger charge is -2.24. The predicted molar refractivity (Wildman–Crippen MR) is 50.6 cm³/mol. The molecule has 0 spiro atoms. The number of morpholine rings is 1. The molecule has 14 heavy (non-hydrogen) atoms. The Kier molecular flexibility index (Phi) is 3.88. The highest BCUT2D eigenvalue weighted by molar-refractivity contribution is 5.89. The van der Waals surface area contributed by atoms with Crippen molar-refractivity contribution in [2.75, 3.05) is 13.2 Å². The zero-order valence-corrected chi connectivity index (χ0v) is 8.50. The summed E-state index contributed by atoms with van der Waals surface area (Å²) in [6.45, 7) is 4.21. The van der Waals surface area contributed by atoms with E-state index in [1.165, 1.54) is 0 Å². The molecular weight excluding hydrogens is 184 g/mol. The van der Waals surface area contributed by atoms with Gasteiger partial charge in [-0.25, -0.2) is 0 Å². The molecule has 1 saturated heterocycles. The molecule has 1 aliphatic heterocycles. The summed E-state index contributed by atoms with van der Waals surface area (Å²) in [6, 6.07) is -0.411. The van der Waals surface area contributed by atoms with Crippen LogP contribution >= 0.6 is 0 Å². The van der Waals surface area contributed by atoms with E-state index in [1.807, 2.05) is 13.8 Å². The van der Waals surface area contributed by atoms with Crippen LogP contribution in [0.3, 0.4) is 0 Å². The minimum atomic E-state index is -0.537. The van der Waals surface area contributed by atoms with Crippen LogP contribution in [0.25, 0.3) is 0 Å². The molecule has 2 atom stereocenters. The standard InChI is InChI=1S/C9H16N2O3/c1-3-6(2)10-9(13)7-4-14-5-8(12)11-7/h6-7H,3-5H2,1-2H3,(H,10,13)(H,11,12). The van der Waals surface area contributed by atoms with Gasteiger partial charge >= 0.3 is 0 Å². The average Bonchev–Trinajstić information content (AvgIpc) is 2.17. The van der Waals surface area contributed by atoms with Gasteiger partial charge in [-0.2, -0.15) is 0 Å². The lowest BCUT2D eigenvalue weighted by atomic mass is 10.2. The van der Waals surface area contributed by atoms with Crippen molar-refractivity contribution < 1.29 is 14.3 Å². The number of carbonyl (C=O) groups excluding carboxylic acids is 2. The molecule has 2 N–H and O–H groups in total. The number of rotatable bonds is 3. The summed E-state index contributed by atoms with van der Waals surface area (Å²) in [5.74, 6) is -0.409. The first-order valence-electron chi connectivity index (χ1n) is 4.81. The maximum atomic E-state index is 11.5. The van der Waals surface area contributed by atoms with Gasteiger partial charge in [-0.1, -0.05) is 6.92 Å². The van der Waals surface area contributed by atoms with Gasteiger partial charge in [-0.3, -0.25) is 9.59 Å². The number of carbonyl (C=O) groups is 2. The second-order valence-electron chi connectivity index (χ2n) is 3.45. The van der Waals surface area contributed by atoms with Crippen LogP contribution < -0.4 is 10.6 Å². The quantitative estimate of drug-likeness (QED) is 0.640. The third-order valence-corrected chi connectivity index (χ3v) is 2.17. The van der Waals surface area contributed by atoms with Crippen LogP contribution in [0.1, 0.15) is 20.3 Å². The molecule has 1 aliphatic rings.